The quantitative estimate of drug-likeness (QED) is 0.787. The molecule has 3 aromatic rings. The van der Waals surface area contributed by atoms with Crippen LogP contribution >= 0.6 is 0 Å². The Labute approximate surface area is 150 Å². The van der Waals surface area contributed by atoms with Crippen molar-refractivity contribution in [2.24, 2.45) is 7.05 Å². The summed E-state index contributed by atoms with van der Waals surface area (Å²) < 4.78 is 15.5. The van der Waals surface area contributed by atoms with Gasteiger partial charge in [0.2, 0.25) is 0 Å². The maximum absolute atomic E-state index is 13.6. The van der Waals surface area contributed by atoms with E-state index in [4.69, 9.17) is 0 Å². The molecule has 1 saturated carbocycles. The lowest BCUT2D eigenvalue weighted by Crippen LogP contribution is -2.45. The molecule has 0 spiro atoms. The van der Waals surface area contributed by atoms with Crippen molar-refractivity contribution in [3.05, 3.63) is 53.2 Å². The van der Waals surface area contributed by atoms with E-state index in [9.17, 15) is 9.18 Å². The van der Waals surface area contributed by atoms with Gasteiger partial charge >= 0.3 is 0 Å². The zero-order valence-corrected chi connectivity index (χ0v) is 14.7. The highest BCUT2D eigenvalue weighted by Crippen LogP contribution is 2.35. The number of aryl methyl sites for hydroxylation is 2. The Hall–Kier alpha value is -2.63. The average Bonchev–Trinajstić information content (AvgIpc) is 3.25. The number of benzene rings is 1. The van der Waals surface area contributed by atoms with Crippen LogP contribution in [0.4, 0.5) is 4.39 Å². The first-order valence-electron chi connectivity index (χ1n) is 9.20. The highest BCUT2D eigenvalue weighted by atomic mass is 19.1. The zero-order chi connectivity index (χ0) is 17.8. The SMILES string of the molecule is Cn1c(C(=O)N(C2CC2)C2CCc3[nH]ncc3C2)cc2cc(F)ccc21. The Balaban J connectivity index is 1.50. The van der Waals surface area contributed by atoms with E-state index in [0.717, 1.165) is 43.0 Å². The fraction of sp³-hybridized carbons (Fsp3) is 0.400. The Morgan fingerprint density at radius 1 is 1.27 bits per heavy atom. The first-order valence-corrected chi connectivity index (χ1v) is 9.20. The molecule has 1 unspecified atom stereocenters. The fourth-order valence-electron chi connectivity index (χ4n) is 4.27. The third kappa shape index (κ3) is 2.43. The predicted molar refractivity (Wildman–Crippen MR) is 96.5 cm³/mol. The monoisotopic (exact) mass is 352 g/mol. The number of carbonyl (C=O) groups is 1. The number of hydrogen-bond donors (Lipinski definition) is 1. The molecule has 2 aliphatic rings. The first-order chi connectivity index (χ1) is 12.6. The second-order valence-electron chi connectivity index (χ2n) is 7.51. The van der Waals surface area contributed by atoms with Gasteiger partial charge in [0, 0.05) is 35.7 Å². The van der Waals surface area contributed by atoms with Gasteiger partial charge in [0.15, 0.2) is 0 Å². The molecule has 1 aromatic carbocycles. The molecule has 134 valence electrons. The average molecular weight is 352 g/mol. The number of rotatable bonds is 3. The minimum atomic E-state index is -0.277. The van der Waals surface area contributed by atoms with E-state index in [1.54, 1.807) is 6.07 Å². The standard InChI is InChI=1S/C20H21FN4O/c1-24-18-7-2-14(21)8-12(18)10-19(24)20(26)25(15-3-4-15)16-5-6-17-13(9-16)11-22-23-17/h2,7-8,10-11,15-16H,3-6,9H2,1H3,(H,22,23). The van der Waals surface area contributed by atoms with E-state index >= 15 is 0 Å². The second-order valence-corrected chi connectivity index (χ2v) is 7.51. The molecular formula is C20H21FN4O. The molecule has 2 heterocycles. The topological polar surface area (TPSA) is 53.9 Å². The largest absolute Gasteiger partial charge is 0.340 e. The van der Waals surface area contributed by atoms with Crippen molar-refractivity contribution in [2.45, 2.75) is 44.2 Å². The van der Waals surface area contributed by atoms with Gasteiger partial charge in [0.1, 0.15) is 11.5 Å². The molecule has 26 heavy (non-hydrogen) atoms. The predicted octanol–water partition coefficient (Wildman–Crippen LogP) is 3.20. The summed E-state index contributed by atoms with van der Waals surface area (Å²) >= 11 is 0. The van der Waals surface area contributed by atoms with Gasteiger partial charge < -0.3 is 9.47 Å². The lowest BCUT2D eigenvalue weighted by Gasteiger charge is -2.34. The van der Waals surface area contributed by atoms with Crippen molar-refractivity contribution in [3.8, 4) is 0 Å². The number of H-pyrrole nitrogens is 1. The zero-order valence-electron chi connectivity index (χ0n) is 14.7. The van der Waals surface area contributed by atoms with Crippen LogP contribution < -0.4 is 0 Å². The summed E-state index contributed by atoms with van der Waals surface area (Å²) in [4.78, 5) is 15.5. The van der Waals surface area contributed by atoms with Gasteiger partial charge in [-0.1, -0.05) is 0 Å². The molecule has 0 bridgehead atoms. The van der Waals surface area contributed by atoms with Crippen LogP contribution in [0, 0.1) is 5.82 Å². The maximum Gasteiger partial charge on any atom is 0.271 e. The Morgan fingerprint density at radius 2 is 2.12 bits per heavy atom. The van der Waals surface area contributed by atoms with Crippen LogP contribution in [-0.4, -0.2) is 37.7 Å². The molecule has 0 saturated heterocycles. The number of hydrogen-bond acceptors (Lipinski definition) is 2. The molecule has 2 aromatic heterocycles. The van der Waals surface area contributed by atoms with Gasteiger partial charge in [-0.3, -0.25) is 9.89 Å². The summed E-state index contributed by atoms with van der Waals surface area (Å²) in [5.41, 5.74) is 3.94. The first kappa shape index (κ1) is 15.6. The van der Waals surface area contributed by atoms with Crippen LogP contribution in [0.25, 0.3) is 10.9 Å². The van der Waals surface area contributed by atoms with Gasteiger partial charge in [-0.15, -0.1) is 0 Å². The molecule has 1 atom stereocenters. The third-order valence-electron chi connectivity index (χ3n) is 5.78. The fourth-order valence-corrected chi connectivity index (χ4v) is 4.27. The lowest BCUT2D eigenvalue weighted by molar-refractivity contribution is 0.0633. The molecule has 5 nitrogen and oxygen atoms in total. The number of halogens is 1. The van der Waals surface area contributed by atoms with Crippen LogP contribution in [0.5, 0.6) is 0 Å². The molecule has 1 amide bonds. The highest BCUT2D eigenvalue weighted by molar-refractivity contribution is 5.99. The van der Waals surface area contributed by atoms with E-state index in [2.05, 4.69) is 15.1 Å². The van der Waals surface area contributed by atoms with Crippen LogP contribution in [0.15, 0.2) is 30.5 Å². The van der Waals surface area contributed by atoms with Crippen molar-refractivity contribution in [1.82, 2.24) is 19.7 Å². The summed E-state index contributed by atoms with van der Waals surface area (Å²) in [5.74, 6) is -0.218. The Kier molecular flexibility index (Phi) is 3.42. The molecule has 0 radical (unpaired) electrons. The summed E-state index contributed by atoms with van der Waals surface area (Å²) in [5, 5.41) is 7.98. The van der Waals surface area contributed by atoms with E-state index in [0.29, 0.717) is 11.7 Å². The van der Waals surface area contributed by atoms with Gasteiger partial charge in [-0.05, 0) is 61.9 Å². The highest BCUT2D eigenvalue weighted by Gasteiger charge is 2.40. The number of aromatic nitrogens is 3. The minimum Gasteiger partial charge on any atom is -0.340 e. The van der Waals surface area contributed by atoms with Crippen molar-refractivity contribution < 1.29 is 9.18 Å². The van der Waals surface area contributed by atoms with Gasteiger partial charge in [0.25, 0.3) is 5.91 Å². The molecule has 6 heteroatoms. The third-order valence-corrected chi connectivity index (χ3v) is 5.78. The minimum absolute atomic E-state index is 0.0588. The Bertz CT molecular complexity index is 1000. The molecule has 5 rings (SSSR count). The van der Waals surface area contributed by atoms with Crippen molar-refractivity contribution in [2.75, 3.05) is 0 Å². The number of fused-ring (bicyclic) bond motifs is 2. The summed E-state index contributed by atoms with van der Waals surface area (Å²) in [6.07, 6.45) is 6.76. The number of aromatic amines is 1. The summed E-state index contributed by atoms with van der Waals surface area (Å²) in [7, 11) is 1.88. The summed E-state index contributed by atoms with van der Waals surface area (Å²) in [6, 6.07) is 7.03. The smallest absolute Gasteiger partial charge is 0.271 e. The van der Waals surface area contributed by atoms with Crippen LogP contribution in [0.2, 0.25) is 0 Å². The van der Waals surface area contributed by atoms with E-state index in [1.807, 2.05) is 23.9 Å². The lowest BCUT2D eigenvalue weighted by atomic mass is 9.92. The van der Waals surface area contributed by atoms with Crippen LogP contribution in [0.1, 0.15) is 41.0 Å². The van der Waals surface area contributed by atoms with Gasteiger partial charge in [-0.25, -0.2) is 4.39 Å². The number of nitrogens with zero attached hydrogens (tertiary/aromatic N) is 3. The molecule has 1 N–H and O–H groups in total. The molecule has 1 fully saturated rings. The molecule has 2 aliphatic carbocycles. The van der Waals surface area contributed by atoms with Gasteiger partial charge in [0.05, 0.1) is 6.20 Å². The van der Waals surface area contributed by atoms with Crippen LogP contribution in [-0.2, 0) is 19.9 Å². The van der Waals surface area contributed by atoms with E-state index < -0.39 is 0 Å². The van der Waals surface area contributed by atoms with Gasteiger partial charge in [-0.2, -0.15) is 5.10 Å². The normalized spacial score (nSPS) is 19.5. The number of carbonyl (C=O) groups excluding carboxylic acids is 1. The molecular weight excluding hydrogens is 331 g/mol. The Morgan fingerprint density at radius 3 is 2.92 bits per heavy atom. The van der Waals surface area contributed by atoms with E-state index in [-0.39, 0.29) is 17.8 Å². The second kappa shape index (κ2) is 5.69. The molecule has 0 aliphatic heterocycles. The summed E-state index contributed by atoms with van der Waals surface area (Å²) in [6.45, 7) is 0. The van der Waals surface area contributed by atoms with Crippen molar-refractivity contribution >= 4 is 16.8 Å². The maximum atomic E-state index is 13.6. The number of amides is 1. The van der Waals surface area contributed by atoms with Crippen molar-refractivity contribution in [3.63, 3.8) is 0 Å². The van der Waals surface area contributed by atoms with E-state index in [1.165, 1.54) is 23.4 Å². The number of nitrogens with one attached hydrogen (secondary N) is 1. The van der Waals surface area contributed by atoms with Crippen molar-refractivity contribution in [1.29, 1.82) is 0 Å². The van der Waals surface area contributed by atoms with Crippen LogP contribution in [0.3, 0.4) is 0 Å².